The molecule has 0 aliphatic heterocycles. The van der Waals surface area contributed by atoms with E-state index < -0.39 is 0 Å². The second-order valence-electron chi connectivity index (χ2n) is 5.87. The number of carbonyl (C=O) groups is 1. The monoisotopic (exact) mass is 363 g/mol. The van der Waals surface area contributed by atoms with E-state index in [2.05, 4.69) is 15.3 Å². The predicted molar refractivity (Wildman–Crippen MR) is 101 cm³/mol. The first-order chi connectivity index (χ1) is 12.6. The largest absolute Gasteiger partial charge is 0.436 e. The molecule has 2 aromatic carbocycles. The molecule has 0 saturated carbocycles. The fourth-order valence-corrected chi connectivity index (χ4v) is 2.84. The third kappa shape index (κ3) is 3.17. The molecule has 0 unspecified atom stereocenters. The van der Waals surface area contributed by atoms with Gasteiger partial charge in [0, 0.05) is 17.4 Å². The summed E-state index contributed by atoms with van der Waals surface area (Å²) in [6.45, 7) is 2.00. The summed E-state index contributed by atoms with van der Waals surface area (Å²) in [7, 11) is 0. The topological polar surface area (TPSA) is 68.0 Å². The van der Waals surface area contributed by atoms with E-state index in [9.17, 15) is 4.79 Å². The summed E-state index contributed by atoms with van der Waals surface area (Å²) in [6.07, 6.45) is 1.54. The fourth-order valence-electron chi connectivity index (χ4n) is 2.64. The van der Waals surface area contributed by atoms with Crippen molar-refractivity contribution in [1.82, 2.24) is 9.97 Å². The molecule has 0 aliphatic carbocycles. The van der Waals surface area contributed by atoms with Crippen molar-refractivity contribution in [1.29, 1.82) is 0 Å². The molecule has 5 nitrogen and oxygen atoms in total. The molecule has 0 aliphatic rings. The second-order valence-corrected chi connectivity index (χ2v) is 6.22. The SMILES string of the molecule is Cc1ccc2nc(-c3cccc(NC(=O)c4cccnc4Cl)c3)oc2c1. The number of aromatic nitrogens is 2. The molecule has 0 saturated heterocycles. The molecular weight excluding hydrogens is 350 g/mol. The van der Waals surface area contributed by atoms with Crippen molar-refractivity contribution in [2.24, 2.45) is 0 Å². The van der Waals surface area contributed by atoms with Crippen LogP contribution in [0.15, 0.2) is 65.2 Å². The quantitative estimate of drug-likeness (QED) is 0.514. The highest BCUT2D eigenvalue weighted by molar-refractivity contribution is 6.33. The van der Waals surface area contributed by atoms with Crippen LogP contribution in [0.1, 0.15) is 15.9 Å². The Bertz CT molecular complexity index is 1120. The Hall–Kier alpha value is -3.18. The Balaban J connectivity index is 1.64. The minimum Gasteiger partial charge on any atom is -0.436 e. The van der Waals surface area contributed by atoms with Crippen LogP contribution >= 0.6 is 11.6 Å². The minimum atomic E-state index is -0.326. The van der Waals surface area contributed by atoms with Crippen LogP contribution in [0, 0.1) is 6.92 Å². The van der Waals surface area contributed by atoms with Gasteiger partial charge in [-0.15, -0.1) is 0 Å². The summed E-state index contributed by atoms with van der Waals surface area (Å²) in [4.78, 5) is 20.8. The van der Waals surface area contributed by atoms with Gasteiger partial charge in [0.25, 0.3) is 5.91 Å². The van der Waals surface area contributed by atoms with Crippen LogP contribution in [0.3, 0.4) is 0 Å². The van der Waals surface area contributed by atoms with E-state index in [1.54, 1.807) is 24.3 Å². The zero-order valence-corrected chi connectivity index (χ0v) is 14.6. The molecule has 4 rings (SSSR count). The highest BCUT2D eigenvalue weighted by Crippen LogP contribution is 2.27. The third-order valence-corrected chi connectivity index (χ3v) is 4.22. The minimum absolute atomic E-state index is 0.162. The van der Waals surface area contributed by atoms with E-state index in [0.29, 0.717) is 17.1 Å². The van der Waals surface area contributed by atoms with Crippen LogP contribution < -0.4 is 5.32 Å². The smallest absolute Gasteiger partial charge is 0.258 e. The standard InChI is InChI=1S/C20H14ClN3O2/c1-12-7-8-16-17(10-12)26-20(24-16)13-4-2-5-14(11-13)23-19(25)15-6-3-9-22-18(15)21/h2-11H,1H3,(H,23,25). The Labute approximate surface area is 154 Å². The maximum absolute atomic E-state index is 12.4. The molecule has 1 amide bonds. The van der Waals surface area contributed by atoms with Gasteiger partial charge in [0.05, 0.1) is 5.56 Å². The molecule has 6 heteroatoms. The zero-order chi connectivity index (χ0) is 18.1. The summed E-state index contributed by atoms with van der Waals surface area (Å²) in [5.74, 6) is 0.176. The molecule has 0 radical (unpaired) electrons. The molecule has 0 bridgehead atoms. The van der Waals surface area contributed by atoms with E-state index in [-0.39, 0.29) is 11.1 Å². The van der Waals surface area contributed by atoms with Crippen LogP contribution in [0.4, 0.5) is 5.69 Å². The van der Waals surface area contributed by atoms with Gasteiger partial charge in [-0.1, -0.05) is 23.7 Å². The Morgan fingerprint density at radius 3 is 2.85 bits per heavy atom. The number of nitrogens with one attached hydrogen (secondary N) is 1. The van der Waals surface area contributed by atoms with Crippen LogP contribution in [-0.2, 0) is 0 Å². The number of pyridine rings is 1. The van der Waals surface area contributed by atoms with Gasteiger partial charge in [0.1, 0.15) is 10.7 Å². The van der Waals surface area contributed by atoms with Crippen molar-refractivity contribution in [3.05, 3.63) is 77.1 Å². The summed E-state index contributed by atoms with van der Waals surface area (Å²) < 4.78 is 5.84. The highest BCUT2D eigenvalue weighted by Gasteiger charge is 2.13. The van der Waals surface area contributed by atoms with E-state index in [1.165, 1.54) is 6.20 Å². The normalized spacial score (nSPS) is 10.8. The molecule has 26 heavy (non-hydrogen) atoms. The van der Waals surface area contributed by atoms with Crippen molar-refractivity contribution >= 4 is 34.3 Å². The van der Waals surface area contributed by atoms with E-state index >= 15 is 0 Å². The summed E-state index contributed by atoms with van der Waals surface area (Å²) in [5, 5.41) is 2.98. The van der Waals surface area contributed by atoms with Crippen molar-refractivity contribution < 1.29 is 9.21 Å². The van der Waals surface area contributed by atoms with Gasteiger partial charge in [-0.05, 0) is 55.0 Å². The lowest BCUT2D eigenvalue weighted by molar-refractivity contribution is 0.102. The lowest BCUT2D eigenvalue weighted by atomic mass is 10.2. The van der Waals surface area contributed by atoms with Crippen LogP contribution in [0.2, 0.25) is 5.15 Å². The molecule has 2 aromatic heterocycles. The van der Waals surface area contributed by atoms with E-state index in [1.807, 2.05) is 37.3 Å². The Morgan fingerprint density at radius 1 is 1.12 bits per heavy atom. The van der Waals surface area contributed by atoms with Gasteiger partial charge in [-0.3, -0.25) is 4.79 Å². The fraction of sp³-hybridized carbons (Fsp3) is 0.0500. The van der Waals surface area contributed by atoms with Gasteiger partial charge in [0.15, 0.2) is 5.58 Å². The second kappa shape index (κ2) is 6.61. The number of nitrogens with zero attached hydrogens (tertiary/aromatic N) is 2. The number of amides is 1. The average Bonchev–Trinajstić information content (AvgIpc) is 3.05. The third-order valence-electron chi connectivity index (χ3n) is 3.92. The van der Waals surface area contributed by atoms with Crippen LogP contribution in [-0.4, -0.2) is 15.9 Å². The van der Waals surface area contributed by atoms with Crippen LogP contribution in [0.25, 0.3) is 22.6 Å². The first-order valence-electron chi connectivity index (χ1n) is 8.00. The number of hydrogen-bond donors (Lipinski definition) is 1. The molecular formula is C20H14ClN3O2. The molecule has 1 N–H and O–H groups in total. The molecule has 0 spiro atoms. The number of hydrogen-bond acceptors (Lipinski definition) is 4. The Kier molecular flexibility index (Phi) is 4.14. The number of aryl methyl sites for hydroxylation is 1. The first-order valence-corrected chi connectivity index (χ1v) is 8.37. The summed E-state index contributed by atoms with van der Waals surface area (Å²) >= 11 is 5.97. The number of fused-ring (bicyclic) bond motifs is 1. The van der Waals surface area contributed by atoms with Crippen molar-refractivity contribution in [3.63, 3.8) is 0 Å². The number of carbonyl (C=O) groups excluding carboxylic acids is 1. The zero-order valence-electron chi connectivity index (χ0n) is 13.9. The van der Waals surface area contributed by atoms with Gasteiger partial charge in [-0.2, -0.15) is 0 Å². The average molecular weight is 364 g/mol. The number of halogens is 1. The maximum atomic E-state index is 12.4. The van der Waals surface area contributed by atoms with Gasteiger partial charge < -0.3 is 9.73 Å². The molecule has 0 atom stereocenters. The lowest BCUT2D eigenvalue weighted by Crippen LogP contribution is -2.12. The number of oxazole rings is 1. The van der Waals surface area contributed by atoms with Crippen molar-refractivity contribution in [3.8, 4) is 11.5 Å². The summed E-state index contributed by atoms with van der Waals surface area (Å²) in [5.41, 5.74) is 4.34. The van der Waals surface area contributed by atoms with Gasteiger partial charge >= 0.3 is 0 Å². The number of benzene rings is 2. The maximum Gasteiger partial charge on any atom is 0.258 e. The molecule has 128 valence electrons. The lowest BCUT2D eigenvalue weighted by Gasteiger charge is -2.07. The molecule has 0 fully saturated rings. The highest BCUT2D eigenvalue weighted by atomic mass is 35.5. The van der Waals surface area contributed by atoms with Crippen molar-refractivity contribution in [2.45, 2.75) is 6.92 Å². The number of rotatable bonds is 3. The molecule has 2 heterocycles. The summed E-state index contributed by atoms with van der Waals surface area (Å²) in [6, 6.07) is 16.5. The first kappa shape index (κ1) is 16.3. The van der Waals surface area contributed by atoms with Gasteiger partial charge in [-0.25, -0.2) is 9.97 Å². The van der Waals surface area contributed by atoms with Crippen LogP contribution in [0.5, 0.6) is 0 Å². The Morgan fingerprint density at radius 2 is 2.00 bits per heavy atom. The number of anilines is 1. The van der Waals surface area contributed by atoms with Crippen molar-refractivity contribution in [2.75, 3.05) is 5.32 Å². The van der Waals surface area contributed by atoms with E-state index in [4.69, 9.17) is 16.0 Å². The predicted octanol–water partition coefficient (Wildman–Crippen LogP) is 5.10. The van der Waals surface area contributed by atoms with Gasteiger partial charge in [0.2, 0.25) is 5.89 Å². The molecule has 4 aromatic rings. The van der Waals surface area contributed by atoms with E-state index in [0.717, 1.165) is 22.2 Å².